The lowest BCUT2D eigenvalue weighted by Gasteiger charge is -2.28. The van der Waals surface area contributed by atoms with Crippen molar-refractivity contribution in [1.82, 2.24) is 4.90 Å². The normalized spacial score (nSPS) is 22.5. The third kappa shape index (κ3) is 2.84. The Balaban J connectivity index is 2.53. The molecule has 1 N–H and O–H groups in total. The van der Waals surface area contributed by atoms with Gasteiger partial charge in [0.1, 0.15) is 0 Å². The van der Waals surface area contributed by atoms with Crippen molar-refractivity contribution in [2.45, 2.75) is 26.8 Å². The standard InChI is InChI=1S/C10H18N2O/c1-10(2,3)9-4-5-12(6-7-13)8-11-9/h4-5,8-9,13H,6-7H2,1-3H3. The molecule has 74 valence electrons. The fourth-order valence-electron chi connectivity index (χ4n) is 1.20. The van der Waals surface area contributed by atoms with Crippen LogP contribution in [0, 0.1) is 5.41 Å². The molecule has 1 aliphatic heterocycles. The zero-order valence-corrected chi connectivity index (χ0v) is 8.57. The number of hydrogen-bond donors (Lipinski definition) is 1. The van der Waals surface area contributed by atoms with Crippen molar-refractivity contribution in [3.63, 3.8) is 0 Å². The molecule has 1 heterocycles. The van der Waals surface area contributed by atoms with E-state index in [2.05, 4.69) is 31.8 Å². The Labute approximate surface area is 79.8 Å². The third-order valence-corrected chi connectivity index (χ3v) is 2.08. The molecule has 0 radical (unpaired) electrons. The minimum atomic E-state index is 0.163. The van der Waals surface area contributed by atoms with E-state index in [0.29, 0.717) is 6.54 Å². The minimum absolute atomic E-state index is 0.163. The van der Waals surface area contributed by atoms with Crippen molar-refractivity contribution in [3.8, 4) is 0 Å². The lowest BCUT2D eigenvalue weighted by Crippen LogP contribution is -2.30. The number of aliphatic hydroxyl groups is 1. The molecule has 0 aromatic carbocycles. The molecule has 0 bridgehead atoms. The van der Waals surface area contributed by atoms with Gasteiger partial charge in [0.25, 0.3) is 0 Å². The van der Waals surface area contributed by atoms with Gasteiger partial charge in [-0.3, -0.25) is 4.99 Å². The van der Waals surface area contributed by atoms with Gasteiger partial charge in [-0.05, 0) is 11.5 Å². The maximum atomic E-state index is 8.71. The van der Waals surface area contributed by atoms with Crippen molar-refractivity contribution in [2.24, 2.45) is 10.4 Å². The summed E-state index contributed by atoms with van der Waals surface area (Å²) in [6.45, 7) is 7.29. The van der Waals surface area contributed by atoms with Gasteiger partial charge in [0, 0.05) is 12.7 Å². The van der Waals surface area contributed by atoms with Gasteiger partial charge in [0.2, 0.25) is 0 Å². The number of aliphatic hydroxyl groups excluding tert-OH is 1. The molecule has 1 aliphatic rings. The van der Waals surface area contributed by atoms with Gasteiger partial charge in [0.15, 0.2) is 0 Å². The quantitative estimate of drug-likeness (QED) is 0.697. The molecule has 0 saturated heterocycles. The predicted octanol–water partition coefficient (Wildman–Crippen LogP) is 1.25. The van der Waals surface area contributed by atoms with E-state index in [9.17, 15) is 0 Å². The molecular formula is C10H18N2O. The zero-order chi connectivity index (χ0) is 9.90. The first kappa shape index (κ1) is 10.3. The largest absolute Gasteiger partial charge is 0.395 e. The van der Waals surface area contributed by atoms with Crippen LogP contribution in [0.2, 0.25) is 0 Å². The molecule has 13 heavy (non-hydrogen) atoms. The number of aliphatic imine (C=N–C) groups is 1. The summed E-state index contributed by atoms with van der Waals surface area (Å²) < 4.78 is 0. The van der Waals surface area contributed by atoms with E-state index < -0.39 is 0 Å². The zero-order valence-electron chi connectivity index (χ0n) is 8.57. The van der Waals surface area contributed by atoms with E-state index in [1.165, 1.54) is 0 Å². The Bertz CT molecular complexity index is 201. The van der Waals surface area contributed by atoms with Gasteiger partial charge in [-0.25, -0.2) is 0 Å². The molecule has 0 saturated carbocycles. The molecule has 0 fully saturated rings. The monoisotopic (exact) mass is 182 g/mol. The number of β-amino-alcohol motifs (C(OH)–C–C–N with tert-alkyl or cyclic N) is 1. The minimum Gasteiger partial charge on any atom is -0.395 e. The van der Waals surface area contributed by atoms with E-state index in [4.69, 9.17) is 5.11 Å². The molecule has 3 nitrogen and oxygen atoms in total. The average molecular weight is 182 g/mol. The Morgan fingerprint density at radius 1 is 1.46 bits per heavy atom. The SMILES string of the molecule is CC(C)(C)C1C=CN(CCO)C=N1. The van der Waals surface area contributed by atoms with Crippen molar-refractivity contribution in [3.05, 3.63) is 12.3 Å². The first-order valence-electron chi connectivity index (χ1n) is 4.62. The number of nitrogens with zero attached hydrogens (tertiary/aromatic N) is 2. The summed E-state index contributed by atoms with van der Waals surface area (Å²) in [7, 11) is 0. The van der Waals surface area contributed by atoms with Gasteiger partial charge >= 0.3 is 0 Å². The smallest absolute Gasteiger partial charge is 0.0897 e. The summed E-state index contributed by atoms with van der Waals surface area (Å²) in [4.78, 5) is 6.29. The fraction of sp³-hybridized carbons (Fsp3) is 0.700. The van der Waals surface area contributed by atoms with Crippen molar-refractivity contribution >= 4 is 6.34 Å². The van der Waals surface area contributed by atoms with Crippen LogP contribution in [0.25, 0.3) is 0 Å². The second-order valence-electron chi connectivity index (χ2n) is 4.38. The molecule has 0 aromatic rings. The highest BCUT2D eigenvalue weighted by atomic mass is 16.3. The van der Waals surface area contributed by atoms with Crippen molar-refractivity contribution < 1.29 is 5.11 Å². The van der Waals surface area contributed by atoms with Gasteiger partial charge in [0.05, 0.1) is 19.0 Å². The summed E-state index contributed by atoms with van der Waals surface area (Å²) in [5.41, 5.74) is 0.179. The van der Waals surface area contributed by atoms with Crippen LogP contribution in [-0.4, -0.2) is 35.5 Å². The van der Waals surface area contributed by atoms with Crippen LogP contribution in [0.15, 0.2) is 17.3 Å². The van der Waals surface area contributed by atoms with E-state index in [1.807, 2.05) is 11.1 Å². The molecule has 0 aromatic heterocycles. The molecule has 0 spiro atoms. The molecule has 0 aliphatic carbocycles. The highest BCUT2D eigenvalue weighted by molar-refractivity contribution is 5.58. The maximum Gasteiger partial charge on any atom is 0.0897 e. The van der Waals surface area contributed by atoms with Gasteiger partial charge in [-0.15, -0.1) is 0 Å². The Kier molecular flexibility index (Phi) is 3.09. The highest BCUT2D eigenvalue weighted by Crippen LogP contribution is 2.24. The Morgan fingerprint density at radius 2 is 2.15 bits per heavy atom. The number of rotatable bonds is 2. The molecule has 1 rings (SSSR count). The van der Waals surface area contributed by atoms with E-state index in [1.54, 1.807) is 6.34 Å². The lowest BCUT2D eigenvalue weighted by atomic mass is 9.87. The Hall–Kier alpha value is -0.830. The third-order valence-electron chi connectivity index (χ3n) is 2.08. The molecule has 3 heteroatoms. The molecule has 1 unspecified atom stereocenters. The summed E-state index contributed by atoms with van der Waals surface area (Å²) >= 11 is 0. The molecular weight excluding hydrogens is 164 g/mol. The average Bonchev–Trinajstić information content (AvgIpc) is 2.04. The predicted molar refractivity (Wildman–Crippen MR) is 54.7 cm³/mol. The van der Waals surface area contributed by atoms with E-state index in [0.717, 1.165) is 0 Å². The van der Waals surface area contributed by atoms with Crippen molar-refractivity contribution in [2.75, 3.05) is 13.2 Å². The van der Waals surface area contributed by atoms with Gasteiger partial charge < -0.3 is 10.0 Å². The van der Waals surface area contributed by atoms with Gasteiger partial charge in [-0.2, -0.15) is 0 Å². The van der Waals surface area contributed by atoms with Gasteiger partial charge in [-0.1, -0.05) is 20.8 Å². The van der Waals surface area contributed by atoms with Crippen LogP contribution in [0.3, 0.4) is 0 Å². The summed E-state index contributed by atoms with van der Waals surface area (Å²) in [6.07, 6.45) is 5.86. The lowest BCUT2D eigenvalue weighted by molar-refractivity contribution is 0.269. The Morgan fingerprint density at radius 3 is 2.54 bits per heavy atom. The van der Waals surface area contributed by atoms with E-state index >= 15 is 0 Å². The van der Waals surface area contributed by atoms with Crippen LogP contribution in [0.1, 0.15) is 20.8 Å². The van der Waals surface area contributed by atoms with Crippen LogP contribution < -0.4 is 0 Å². The van der Waals surface area contributed by atoms with Crippen LogP contribution in [0.4, 0.5) is 0 Å². The first-order valence-corrected chi connectivity index (χ1v) is 4.62. The summed E-state index contributed by atoms with van der Waals surface area (Å²) in [6, 6.07) is 0.252. The number of hydrogen-bond acceptors (Lipinski definition) is 3. The molecule has 0 amide bonds. The molecule has 1 atom stereocenters. The first-order chi connectivity index (χ1) is 6.04. The fourth-order valence-corrected chi connectivity index (χ4v) is 1.20. The van der Waals surface area contributed by atoms with Crippen molar-refractivity contribution in [1.29, 1.82) is 0 Å². The summed E-state index contributed by atoms with van der Waals surface area (Å²) in [5, 5.41) is 8.71. The van der Waals surface area contributed by atoms with E-state index in [-0.39, 0.29) is 18.1 Å². The topological polar surface area (TPSA) is 35.8 Å². The van der Waals surface area contributed by atoms with Crippen LogP contribution >= 0.6 is 0 Å². The second-order valence-corrected chi connectivity index (χ2v) is 4.38. The van der Waals surface area contributed by atoms with Crippen LogP contribution in [0.5, 0.6) is 0 Å². The van der Waals surface area contributed by atoms with Crippen LogP contribution in [-0.2, 0) is 0 Å². The second kappa shape index (κ2) is 3.92. The maximum absolute atomic E-state index is 8.71. The highest BCUT2D eigenvalue weighted by Gasteiger charge is 2.22. The summed E-state index contributed by atoms with van der Waals surface area (Å²) in [5.74, 6) is 0.